The Balaban J connectivity index is 1.90. The molecule has 0 atom stereocenters. The molecule has 1 amide bonds. The Kier molecular flexibility index (Phi) is 6.44. The molecular weight excluding hydrogens is 292 g/mol. The Labute approximate surface area is 136 Å². The molecule has 2 rings (SSSR count). The lowest BCUT2D eigenvalue weighted by Gasteiger charge is -2.09. The molecule has 0 saturated heterocycles. The lowest BCUT2D eigenvalue weighted by molar-refractivity contribution is -0.116. The first kappa shape index (κ1) is 16.8. The quantitative estimate of drug-likeness (QED) is 0.784. The third-order valence-electron chi connectivity index (χ3n) is 3.11. The second-order valence-corrected chi connectivity index (χ2v) is 4.93. The first-order valence-electron chi connectivity index (χ1n) is 7.66. The maximum atomic E-state index is 11.6. The van der Waals surface area contributed by atoms with Crippen LogP contribution in [0, 0.1) is 0 Å². The molecule has 122 valence electrons. The molecule has 0 aliphatic carbocycles. The van der Waals surface area contributed by atoms with Crippen LogP contribution in [-0.2, 0) is 4.79 Å². The fraction of sp³-hybridized carbons (Fsp3) is 0.278. The molecule has 0 spiro atoms. The van der Waals surface area contributed by atoms with Gasteiger partial charge < -0.3 is 20.1 Å². The molecule has 0 fully saturated rings. The fourth-order valence-electron chi connectivity index (χ4n) is 1.97. The highest BCUT2D eigenvalue weighted by molar-refractivity contribution is 5.90. The second-order valence-electron chi connectivity index (χ2n) is 4.93. The van der Waals surface area contributed by atoms with Crippen molar-refractivity contribution in [1.82, 2.24) is 5.32 Å². The Morgan fingerprint density at radius 2 is 1.52 bits per heavy atom. The number of hydrogen-bond donors (Lipinski definition) is 2. The van der Waals surface area contributed by atoms with Crippen molar-refractivity contribution in [2.24, 2.45) is 0 Å². The van der Waals surface area contributed by atoms with Gasteiger partial charge in [0.05, 0.1) is 6.61 Å². The van der Waals surface area contributed by atoms with Gasteiger partial charge in [0.25, 0.3) is 0 Å². The van der Waals surface area contributed by atoms with Gasteiger partial charge in [0.2, 0.25) is 5.91 Å². The van der Waals surface area contributed by atoms with Crippen molar-refractivity contribution in [3.05, 3.63) is 48.5 Å². The predicted molar refractivity (Wildman–Crippen MR) is 91.3 cm³/mol. The monoisotopic (exact) mass is 314 g/mol. The summed E-state index contributed by atoms with van der Waals surface area (Å²) >= 11 is 0. The molecule has 0 saturated carbocycles. The molecule has 0 aliphatic heterocycles. The molecule has 23 heavy (non-hydrogen) atoms. The lowest BCUT2D eigenvalue weighted by Crippen LogP contribution is -2.18. The number of benzene rings is 2. The summed E-state index contributed by atoms with van der Waals surface area (Å²) in [5.41, 5.74) is 0.755. The van der Waals surface area contributed by atoms with Crippen molar-refractivity contribution < 1.29 is 14.3 Å². The van der Waals surface area contributed by atoms with Crippen molar-refractivity contribution in [1.29, 1.82) is 0 Å². The van der Waals surface area contributed by atoms with E-state index in [0.29, 0.717) is 25.3 Å². The van der Waals surface area contributed by atoms with Gasteiger partial charge in [-0.2, -0.15) is 0 Å². The van der Waals surface area contributed by atoms with E-state index in [9.17, 15) is 4.79 Å². The SMILES string of the molecule is CCOc1ccc(Oc2ccc(NC(=O)CCNC)cc2)cc1. The molecule has 0 bridgehead atoms. The third-order valence-corrected chi connectivity index (χ3v) is 3.11. The van der Waals surface area contributed by atoms with Crippen LogP contribution in [0.3, 0.4) is 0 Å². The van der Waals surface area contributed by atoms with Crippen LogP contribution in [0.25, 0.3) is 0 Å². The zero-order chi connectivity index (χ0) is 16.5. The Bertz CT molecular complexity index is 609. The van der Waals surface area contributed by atoms with Gasteiger partial charge in [0, 0.05) is 18.7 Å². The average molecular weight is 314 g/mol. The van der Waals surface area contributed by atoms with Crippen LogP contribution in [-0.4, -0.2) is 26.1 Å². The number of carbonyl (C=O) groups is 1. The molecule has 2 aromatic carbocycles. The number of hydrogen-bond acceptors (Lipinski definition) is 4. The van der Waals surface area contributed by atoms with Gasteiger partial charge in [-0.1, -0.05) is 0 Å². The van der Waals surface area contributed by atoms with E-state index in [1.165, 1.54) is 0 Å². The Morgan fingerprint density at radius 3 is 2.09 bits per heavy atom. The fourth-order valence-corrected chi connectivity index (χ4v) is 1.97. The number of nitrogens with one attached hydrogen (secondary N) is 2. The predicted octanol–water partition coefficient (Wildman–Crippen LogP) is 3.43. The van der Waals surface area contributed by atoms with Gasteiger partial charge in [0.1, 0.15) is 17.2 Å². The van der Waals surface area contributed by atoms with Crippen LogP contribution >= 0.6 is 0 Å². The molecule has 0 aliphatic rings. The highest BCUT2D eigenvalue weighted by atomic mass is 16.5. The minimum Gasteiger partial charge on any atom is -0.494 e. The van der Waals surface area contributed by atoms with Gasteiger partial charge in [-0.25, -0.2) is 0 Å². The van der Waals surface area contributed by atoms with Crippen molar-refractivity contribution in [2.45, 2.75) is 13.3 Å². The summed E-state index contributed by atoms with van der Waals surface area (Å²) in [7, 11) is 1.82. The van der Waals surface area contributed by atoms with Crippen LogP contribution in [0.4, 0.5) is 5.69 Å². The van der Waals surface area contributed by atoms with Gasteiger partial charge in [-0.3, -0.25) is 4.79 Å². The van der Waals surface area contributed by atoms with Gasteiger partial charge >= 0.3 is 0 Å². The second kappa shape index (κ2) is 8.80. The highest BCUT2D eigenvalue weighted by Gasteiger charge is 2.03. The van der Waals surface area contributed by atoms with Crippen LogP contribution in [0.15, 0.2) is 48.5 Å². The average Bonchev–Trinajstić information content (AvgIpc) is 2.57. The van der Waals surface area contributed by atoms with Crippen LogP contribution in [0.5, 0.6) is 17.2 Å². The van der Waals surface area contributed by atoms with E-state index in [2.05, 4.69) is 10.6 Å². The summed E-state index contributed by atoms with van der Waals surface area (Å²) in [6.07, 6.45) is 0.445. The first-order chi connectivity index (χ1) is 11.2. The maximum Gasteiger partial charge on any atom is 0.225 e. The number of amides is 1. The minimum absolute atomic E-state index is 0.0143. The number of carbonyl (C=O) groups excluding carboxylic acids is 1. The summed E-state index contributed by atoms with van der Waals surface area (Å²) in [6, 6.07) is 14.7. The van der Waals surface area contributed by atoms with Gasteiger partial charge in [0.15, 0.2) is 0 Å². The van der Waals surface area contributed by atoms with E-state index in [-0.39, 0.29) is 5.91 Å². The van der Waals surface area contributed by atoms with E-state index in [4.69, 9.17) is 9.47 Å². The maximum absolute atomic E-state index is 11.6. The summed E-state index contributed by atoms with van der Waals surface area (Å²) in [4.78, 5) is 11.6. The smallest absolute Gasteiger partial charge is 0.225 e. The molecular formula is C18H22N2O3. The molecule has 0 aromatic heterocycles. The lowest BCUT2D eigenvalue weighted by atomic mass is 10.3. The normalized spacial score (nSPS) is 10.2. The zero-order valence-corrected chi connectivity index (χ0v) is 13.5. The molecule has 5 heteroatoms. The van der Waals surface area contributed by atoms with E-state index < -0.39 is 0 Å². The van der Waals surface area contributed by atoms with Crippen molar-refractivity contribution in [3.63, 3.8) is 0 Å². The number of rotatable bonds is 8. The van der Waals surface area contributed by atoms with E-state index in [1.807, 2.05) is 62.5 Å². The van der Waals surface area contributed by atoms with Crippen LogP contribution in [0.1, 0.15) is 13.3 Å². The van der Waals surface area contributed by atoms with E-state index >= 15 is 0 Å². The number of ether oxygens (including phenoxy) is 2. The van der Waals surface area contributed by atoms with Crippen LogP contribution < -0.4 is 20.1 Å². The molecule has 5 nitrogen and oxygen atoms in total. The molecule has 2 N–H and O–H groups in total. The summed E-state index contributed by atoms with van der Waals surface area (Å²) in [6.45, 7) is 3.25. The van der Waals surface area contributed by atoms with E-state index in [0.717, 1.165) is 17.2 Å². The zero-order valence-electron chi connectivity index (χ0n) is 13.5. The summed E-state index contributed by atoms with van der Waals surface area (Å²) in [5, 5.41) is 5.78. The van der Waals surface area contributed by atoms with Crippen molar-refractivity contribution >= 4 is 11.6 Å². The van der Waals surface area contributed by atoms with Gasteiger partial charge in [-0.05, 0) is 62.5 Å². The van der Waals surface area contributed by atoms with E-state index in [1.54, 1.807) is 0 Å². The van der Waals surface area contributed by atoms with Crippen LogP contribution in [0.2, 0.25) is 0 Å². The molecule has 0 radical (unpaired) electrons. The third kappa shape index (κ3) is 5.64. The van der Waals surface area contributed by atoms with Crippen molar-refractivity contribution in [3.8, 4) is 17.2 Å². The Morgan fingerprint density at radius 1 is 0.957 bits per heavy atom. The Hall–Kier alpha value is -2.53. The van der Waals surface area contributed by atoms with Gasteiger partial charge in [-0.15, -0.1) is 0 Å². The van der Waals surface area contributed by atoms with Crippen molar-refractivity contribution in [2.75, 3.05) is 25.5 Å². The minimum atomic E-state index is -0.0143. The molecule has 0 heterocycles. The first-order valence-corrected chi connectivity index (χ1v) is 7.66. The largest absolute Gasteiger partial charge is 0.494 e. The molecule has 2 aromatic rings. The summed E-state index contributed by atoms with van der Waals surface area (Å²) < 4.78 is 11.1. The standard InChI is InChI=1S/C18H22N2O3/c1-3-22-15-8-10-17(11-9-15)23-16-6-4-14(5-7-16)20-18(21)12-13-19-2/h4-11,19H,3,12-13H2,1-2H3,(H,20,21). The molecule has 0 unspecified atom stereocenters. The highest BCUT2D eigenvalue weighted by Crippen LogP contribution is 2.25. The topological polar surface area (TPSA) is 59.6 Å². The summed E-state index contributed by atoms with van der Waals surface area (Å²) in [5.74, 6) is 2.25. The number of anilines is 1.